The summed E-state index contributed by atoms with van der Waals surface area (Å²) in [5, 5.41) is 28.3. The van der Waals surface area contributed by atoms with Gasteiger partial charge in [0.1, 0.15) is 5.69 Å². The number of anilines is 1. The molecule has 3 rings (SSSR count). The second kappa shape index (κ2) is 6.54. The molecule has 3 aromatic rings. The number of phenols is 1. The van der Waals surface area contributed by atoms with Gasteiger partial charge in [-0.3, -0.25) is 9.69 Å². The number of fused-ring (bicyclic) bond motifs is 1. The molecule has 0 unspecified atom stereocenters. The van der Waals surface area contributed by atoms with Gasteiger partial charge in [-0.15, -0.1) is 33.1 Å². The average Bonchev–Trinajstić information content (AvgIpc) is 3.05. The van der Waals surface area contributed by atoms with Crippen LogP contribution < -0.4 is 4.90 Å². The van der Waals surface area contributed by atoms with Crippen molar-refractivity contribution in [2.24, 2.45) is 10.2 Å². The number of aromatic hydroxyl groups is 1. The Morgan fingerprint density at radius 1 is 1.25 bits per heavy atom. The van der Waals surface area contributed by atoms with Gasteiger partial charge in [0, 0.05) is 24.3 Å². The van der Waals surface area contributed by atoms with Gasteiger partial charge in [-0.25, -0.2) is 0 Å². The summed E-state index contributed by atoms with van der Waals surface area (Å²) < 4.78 is 0. The quantitative estimate of drug-likeness (QED) is 0.544. The van der Waals surface area contributed by atoms with Crippen LogP contribution in [0.15, 0.2) is 45.5 Å². The molecule has 2 aromatic carbocycles. The molecule has 0 bridgehead atoms. The van der Waals surface area contributed by atoms with Gasteiger partial charge in [0.2, 0.25) is 11.0 Å². The van der Waals surface area contributed by atoms with Crippen molar-refractivity contribution in [3.05, 3.63) is 30.3 Å². The van der Waals surface area contributed by atoms with Crippen molar-refractivity contribution in [2.45, 2.75) is 11.8 Å². The van der Waals surface area contributed by atoms with Crippen LogP contribution in [0.2, 0.25) is 0 Å². The molecule has 0 saturated carbocycles. The molecule has 0 radical (unpaired) electrons. The average molecular weight is 359 g/mol. The molecule has 0 aliphatic heterocycles. The number of rotatable bonds is 3. The Kier molecular flexibility index (Phi) is 4.45. The number of azo groups is 1. The fourth-order valence-corrected chi connectivity index (χ4v) is 3.01. The highest BCUT2D eigenvalue weighted by Gasteiger charge is 2.13. The molecule has 1 aromatic heterocycles. The van der Waals surface area contributed by atoms with Crippen LogP contribution >= 0.6 is 24.0 Å². The zero-order valence-electron chi connectivity index (χ0n) is 12.8. The molecule has 0 spiro atoms. The first-order valence-electron chi connectivity index (χ1n) is 6.90. The molecule has 1 heterocycles. The van der Waals surface area contributed by atoms with Gasteiger partial charge >= 0.3 is 0 Å². The third-order valence-electron chi connectivity index (χ3n) is 3.38. The number of thiol groups is 1. The van der Waals surface area contributed by atoms with E-state index in [9.17, 15) is 9.90 Å². The lowest BCUT2D eigenvalue weighted by atomic mass is 10.1. The topological polar surface area (TPSA) is 91.0 Å². The summed E-state index contributed by atoms with van der Waals surface area (Å²) in [6.07, 6.45) is 0. The SMILES string of the molecule is CC(=O)N(C)c1nnc(N=Nc2cc(S)c3ccccc3c2O)s1. The van der Waals surface area contributed by atoms with E-state index in [0.717, 1.165) is 16.7 Å². The second-order valence-electron chi connectivity index (χ2n) is 4.95. The van der Waals surface area contributed by atoms with Crippen molar-refractivity contribution in [3.63, 3.8) is 0 Å². The lowest BCUT2D eigenvalue weighted by Gasteiger charge is -2.07. The molecule has 1 N–H and O–H groups in total. The van der Waals surface area contributed by atoms with Crippen molar-refractivity contribution in [2.75, 3.05) is 11.9 Å². The van der Waals surface area contributed by atoms with Crippen molar-refractivity contribution >= 4 is 56.6 Å². The first kappa shape index (κ1) is 16.3. The largest absolute Gasteiger partial charge is 0.505 e. The van der Waals surface area contributed by atoms with Crippen molar-refractivity contribution in [3.8, 4) is 5.75 Å². The first-order valence-corrected chi connectivity index (χ1v) is 8.17. The van der Waals surface area contributed by atoms with Gasteiger partial charge < -0.3 is 5.11 Å². The Balaban J connectivity index is 1.94. The van der Waals surface area contributed by atoms with Crippen LogP contribution in [0.25, 0.3) is 10.8 Å². The van der Waals surface area contributed by atoms with Crippen LogP contribution in [0.3, 0.4) is 0 Å². The summed E-state index contributed by atoms with van der Waals surface area (Å²) in [5.74, 6) is -0.126. The molecule has 0 aliphatic carbocycles. The summed E-state index contributed by atoms with van der Waals surface area (Å²) in [6, 6.07) is 8.98. The predicted molar refractivity (Wildman–Crippen MR) is 96.0 cm³/mol. The van der Waals surface area contributed by atoms with E-state index in [1.165, 1.54) is 11.8 Å². The summed E-state index contributed by atoms with van der Waals surface area (Å²) in [7, 11) is 1.60. The predicted octanol–water partition coefficient (Wildman–Crippen LogP) is 4.08. The van der Waals surface area contributed by atoms with Crippen LogP contribution in [0, 0.1) is 0 Å². The number of aromatic nitrogens is 2. The summed E-state index contributed by atoms with van der Waals surface area (Å²) in [4.78, 5) is 13.4. The summed E-state index contributed by atoms with van der Waals surface area (Å²) in [5.41, 5.74) is 0.287. The highest BCUT2D eigenvalue weighted by molar-refractivity contribution is 7.80. The Morgan fingerprint density at radius 2 is 1.96 bits per heavy atom. The Labute approximate surface area is 147 Å². The fourth-order valence-electron chi connectivity index (χ4n) is 2.02. The number of carbonyl (C=O) groups excluding carboxylic acids is 1. The van der Waals surface area contributed by atoms with Crippen LogP contribution in [0.4, 0.5) is 16.0 Å². The molecular weight excluding hydrogens is 346 g/mol. The lowest BCUT2D eigenvalue weighted by molar-refractivity contribution is -0.116. The Bertz CT molecular complexity index is 954. The minimum absolute atomic E-state index is 0.0257. The summed E-state index contributed by atoms with van der Waals surface area (Å²) >= 11 is 5.54. The molecule has 1 amide bonds. The van der Waals surface area contributed by atoms with Gasteiger partial charge in [0.05, 0.1) is 0 Å². The smallest absolute Gasteiger partial charge is 0.253 e. The fraction of sp³-hybridized carbons (Fsp3) is 0.133. The van der Waals surface area contributed by atoms with Crippen LogP contribution in [0.5, 0.6) is 5.75 Å². The van der Waals surface area contributed by atoms with Crippen LogP contribution in [-0.2, 0) is 4.79 Å². The first-order chi connectivity index (χ1) is 11.5. The normalized spacial score (nSPS) is 11.3. The number of phenolic OH excluding ortho intramolecular Hbond substituents is 1. The molecular formula is C15H13N5O2S2. The zero-order valence-corrected chi connectivity index (χ0v) is 14.5. The monoisotopic (exact) mass is 359 g/mol. The highest BCUT2D eigenvalue weighted by atomic mass is 32.1. The standard InChI is InChI=1S/C15H13N5O2S2/c1-8(21)20(2)15-19-18-14(24-15)17-16-11-7-12(23)9-5-3-4-6-10(9)13(11)22/h3-7,22-23H,1-2H3. The summed E-state index contributed by atoms with van der Waals surface area (Å²) in [6.45, 7) is 1.43. The number of hydrogen-bond acceptors (Lipinski definition) is 8. The van der Waals surface area contributed by atoms with E-state index in [1.54, 1.807) is 19.2 Å². The van der Waals surface area contributed by atoms with E-state index in [1.807, 2.05) is 18.2 Å². The third kappa shape index (κ3) is 3.08. The highest BCUT2D eigenvalue weighted by Crippen LogP contribution is 2.39. The van der Waals surface area contributed by atoms with E-state index >= 15 is 0 Å². The third-order valence-corrected chi connectivity index (χ3v) is 4.63. The van der Waals surface area contributed by atoms with E-state index in [4.69, 9.17) is 0 Å². The second-order valence-corrected chi connectivity index (χ2v) is 6.37. The maximum Gasteiger partial charge on any atom is 0.253 e. The van der Waals surface area contributed by atoms with E-state index in [0.29, 0.717) is 15.4 Å². The number of benzene rings is 2. The van der Waals surface area contributed by atoms with E-state index in [2.05, 4.69) is 33.1 Å². The van der Waals surface area contributed by atoms with Crippen LogP contribution in [-0.4, -0.2) is 28.3 Å². The van der Waals surface area contributed by atoms with Crippen LogP contribution in [0.1, 0.15) is 6.92 Å². The minimum atomic E-state index is -0.151. The molecule has 7 nitrogen and oxygen atoms in total. The zero-order chi connectivity index (χ0) is 17.3. The number of nitrogens with zero attached hydrogens (tertiary/aromatic N) is 5. The van der Waals surface area contributed by atoms with Gasteiger partial charge in [-0.1, -0.05) is 35.6 Å². The Hall–Kier alpha value is -2.52. The molecule has 0 aliphatic rings. The van der Waals surface area contributed by atoms with Crippen molar-refractivity contribution in [1.82, 2.24) is 10.2 Å². The molecule has 9 heteroatoms. The minimum Gasteiger partial charge on any atom is -0.505 e. The molecule has 122 valence electrons. The van der Waals surface area contributed by atoms with Gasteiger partial charge in [-0.2, -0.15) is 0 Å². The van der Waals surface area contributed by atoms with Crippen molar-refractivity contribution < 1.29 is 9.90 Å². The van der Waals surface area contributed by atoms with E-state index in [-0.39, 0.29) is 22.5 Å². The Morgan fingerprint density at radius 3 is 2.67 bits per heavy atom. The number of carbonyl (C=O) groups is 1. The molecule has 0 atom stereocenters. The number of amides is 1. The molecule has 0 saturated heterocycles. The lowest BCUT2D eigenvalue weighted by Crippen LogP contribution is -2.22. The van der Waals surface area contributed by atoms with Gasteiger partial charge in [0.25, 0.3) is 5.13 Å². The van der Waals surface area contributed by atoms with E-state index < -0.39 is 0 Å². The molecule has 24 heavy (non-hydrogen) atoms. The van der Waals surface area contributed by atoms with Gasteiger partial charge in [-0.05, 0) is 11.5 Å². The van der Waals surface area contributed by atoms with Crippen molar-refractivity contribution in [1.29, 1.82) is 0 Å². The maximum absolute atomic E-state index is 11.3. The van der Waals surface area contributed by atoms with Gasteiger partial charge in [0.15, 0.2) is 5.75 Å². The maximum atomic E-state index is 11.3. The molecule has 0 fully saturated rings. The number of hydrogen-bond donors (Lipinski definition) is 2.